The van der Waals surface area contributed by atoms with E-state index >= 15 is 0 Å². The van der Waals surface area contributed by atoms with Gasteiger partial charge in [-0.2, -0.15) is 0 Å². The molecular formula is C17H29NO. The van der Waals surface area contributed by atoms with Crippen LogP contribution in [0.5, 0.6) is 0 Å². The summed E-state index contributed by atoms with van der Waals surface area (Å²) in [4.78, 5) is 12.2. The van der Waals surface area contributed by atoms with Gasteiger partial charge in [0.15, 0.2) is 0 Å². The highest BCUT2D eigenvalue weighted by Crippen LogP contribution is 2.32. The summed E-state index contributed by atoms with van der Waals surface area (Å²) in [6.45, 7) is 4.32. The standard InChI is InChI=1S/C17H29NO/c1-4-7-9-14-10-12-15(13-11-14)17(19)18-16(6-3)8-5-2/h2,14-16H,4,6-13H2,1,3H3,(H,18,19). The molecule has 0 radical (unpaired) electrons. The summed E-state index contributed by atoms with van der Waals surface area (Å²) in [5, 5.41) is 3.11. The number of nitrogens with one attached hydrogen (secondary N) is 1. The van der Waals surface area contributed by atoms with Crippen molar-refractivity contribution in [2.75, 3.05) is 0 Å². The molecule has 1 rings (SSSR count). The van der Waals surface area contributed by atoms with Gasteiger partial charge < -0.3 is 5.32 Å². The first-order valence-electron chi connectivity index (χ1n) is 7.95. The van der Waals surface area contributed by atoms with E-state index in [2.05, 4.69) is 25.1 Å². The van der Waals surface area contributed by atoms with Crippen LogP contribution < -0.4 is 5.32 Å². The monoisotopic (exact) mass is 263 g/mol. The second-order valence-corrected chi connectivity index (χ2v) is 5.88. The smallest absolute Gasteiger partial charge is 0.223 e. The molecular weight excluding hydrogens is 234 g/mol. The SMILES string of the molecule is C#CCC(CC)NC(=O)C1CCC(CCCC)CC1. The van der Waals surface area contributed by atoms with Crippen LogP contribution in [0, 0.1) is 24.2 Å². The summed E-state index contributed by atoms with van der Waals surface area (Å²) >= 11 is 0. The average molecular weight is 263 g/mol. The zero-order chi connectivity index (χ0) is 14.1. The summed E-state index contributed by atoms with van der Waals surface area (Å²) in [7, 11) is 0. The van der Waals surface area contributed by atoms with E-state index in [0.29, 0.717) is 6.42 Å². The van der Waals surface area contributed by atoms with Crippen molar-refractivity contribution in [3.63, 3.8) is 0 Å². The van der Waals surface area contributed by atoms with Crippen molar-refractivity contribution in [1.29, 1.82) is 0 Å². The molecule has 108 valence electrons. The molecule has 1 amide bonds. The molecule has 0 saturated heterocycles. The van der Waals surface area contributed by atoms with E-state index in [1.54, 1.807) is 0 Å². The highest BCUT2D eigenvalue weighted by Gasteiger charge is 2.26. The molecule has 0 bridgehead atoms. The fourth-order valence-electron chi connectivity index (χ4n) is 2.96. The van der Waals surface area contributed by atoms with Crippen LogP contribution in [0.15, 0.2) is 0 Å². The molecule has 2 heteroatoms. The van der Waals surface area contributed by atoms with Gasteiger partial charge in [-0.05, 0) is 38.0 Å². The minimum atomic E-state index is 0.162. The summed E-state index contributed by atoms with van der Waals surface area (Å²) < 4.78 is 0. The van der Waals surface area contributed by atoms with E-state index in [4.69, 9.17) is 6.42 Å². The number of carbonyl (C=O) groups excluding carboxylic acids is 1. The van der Waals surface area contributed by atoms with Gasteiger partial charge >= 0.3 is 0 Å². The number of rotatable bonds is 7. The average Bonchev–Trinajstić information content (AvgIpc) is 2.45. The lowest BCUT2D eigenvalue weighted by Gasteiger charge is -2.28. The number of terminal acetylenes is 1. The summed E-state index contributed by atoms with van der Waals surface area (Å²) in [6.07, 6.45) is 15.4. The van der Waals surface area contributed by atoms with E-state index < -0.39 is 0 Å². The lowest BCUT2D eigenvalue weighted by atomic mass is 9.79. The first-order chi connectivity index (χ1) is 9.21. The molecule has 1 saturated carbocycles. The second kappa shape index (κ2) is 9.02. The third-order valence-electron chi connectivity index (χ3n) is 4.39. The van der Waals surface area contributed by atoms with Crippen LogP contribution in [-0.2, 0) is 4.79 Å². The van der Waals surface area contributed by atoms with Gasteiger partial charge in [-0.15, -0.1) is 12.3 Å². The van der Waals surface area contributed by atoms with Crippen LogP contribution in [0.1, 0.15) is 71.6 Å². The van der Waals surface area contributed by atoms with Crippen molar-refractivity contribution < 1.29 is 4.79 Å². The van der Waals surface area contributed by atoms with Gasteiger partial charge in [0, 0.05) is 18.4 Å². The minimum absolute atomic E-state index is 0.162. The van der Waals surface area contributed by atoms with Gasteiger partial charge in [0.05, 0.1) is 0 Å². The number of unbranched alkanes of at least 4 members (excludes halogenated alkanes) is 1. The molecule has 1 N–H and O–H groups in total. The predicted octanol–water partition coefficient (Wildman–Crippen LogP) is 3.90. The fraction of sp³-hybridized carbons (Fsp3) is 0.824. The molecule has 0 spiro atoms. The predicted molar refractivity (Wildman–Crippen MR) is 80.6 cm³/mol. The maximum atomic E-state index is 12.2. The molecule has 19 heavy (non-hydrogen) atoms. The molecule has 1 aliphatic rings. The van der Waals surface area contributed by atoms with Crippen molar-refractivity contribution >= 4 is 5.91 Å². The van der Waals surface area contributed by atoms with Crippen LogP contribution >= 0.6 is 0 Å². The highest BCUT2D eigenvalue weighted by atomic mass is 16.1. The molecule has 0 aliphatic heterocycles. The molecule has 1 atom stereocenters. The Labute approximate surface area is 118 Å². The van der Waals surface area contributed by atoms with Crippen molar-refractivity contribution in [1.82, 2.24) is 5.32 Å². The molecule has 1 aliphatic carbocycles. The third kappa shape index (κ3) is 5.68. The van der Waals surface area contributed by atoms with E-state index in [1.807, 2.05) is 0 Å². The van der Waals surface area contributed by atoms with Crippen LogP contribution in [0.3, 0.4) is 0 Å². The van der Waals surface area contributed by atoms with Gasteiger partial charge in [-0.25, -0.2) is 0 Å². The minimum Gasteiger partial charge on any atom is -0.352 e. The molecule has 1 unspecified atom stereocenters. The Balaban J connectivity index is 2.30. The lowest BCUT2D eigenvalue weighted by Crippen LogP contribution is -2.39. The number of hydrogen-bond donors (Lipinski definition) is 1. The molecule has 1 fully saturated rings. The van der Waals surface area contributed by atoms with Crippen LogP contribution in [0.2, 0.25) is 0 Å². The normalized spacial score (nSPS) is 24.5. The lowest BCUT2D eigenvalue weighted by molar-refractivity contribution is -0.127. The Morgan fingerprint density at radius 3 is 2.53 bits per heavy atom. The maximum absolute atomic E-state index is 12.2. The van der Waals surface area contributed by atoms with E-state index in [0.717, 1.165) is 25.2 Å². The quantitative estimate of drug-likeness (QED) is 0.693. The van der Waals surface area contributed by atoms with E-state index in [-0.39, 0.29) is 17.9 Å². The van der Waals surface area contributed by atoms with Crippen molar-refractivity contribution in [2.45, 2.75) is 77.7 Å². The topological polar surface area (TPSA) is 29.1 Å². The first-order valence-corrected chi connectivity index (χ1v) is 7.95. The van der Waals surface area contributed by atoms with Crippen molar-refractivity contribution in [2.24, 2.45) is 11.8 Å². The molecule has 0 aromatic rings. The van der Waals surface area contributed by atoms with Gasteiger partial charge in [0.2, 0.25) is 5.91 Å². The van der Waals surface area contributed by atoms with Crippen LogP contribution in [0.4, 0.5) is 0 Å². The zero-order valence-corrected chi connectivity index (χ0v) is 12.6. The summed E-state index contributed by atoms with van der Waals surface area (Å²) in [6, 6.07) is 0.162. The highest BCUT2D eigenvalue weighted by molar-refractivity contribution is 5.79. The molecule has 0 aromatic carbocycles. The van der Waals surface area contributed by atoms with Gasteiger partial charge in [-0.3, -0.25) is 4.79 Å². The van der Waals surface area contributed by atoms with Gasteiger partial charge in [-0.1, -0.05) is 33.1 Å². The molecule has 0 aromatic heterocycles. The van der Waals surface area contributed by atoms with Gasteiger partial charge in [0.1, 0.15) is 0 Å². The summed E-state index contributed by atoms with van der Waals surface area (Å²) in [5.41, 5.74) is 0. The van der Waals surface area contributed by atoms with E-state index in [9.17, 15) is 4.79 Å². The number of carbonyl (C=O) groups is 1. The second-order valence-electron chi connectivity index (χ2n) is 5.88. The Morgan fingerprint density at radius 1 is 1.32 bits per heavy atom. The Bertz CT molecular complexity index is 297. The largest absolute Gasteiger partial charge is 0.352 e. The van der Waals surface area contributed by atoms with Crippen LogP contribution in [-0.4, -0.2) is 11.9 Å². The number of amides is 1. The van der Waals surface area contributed by atoms with Gasteiger partial charge in [0.25, 0.3) is 0 Å². The maximum Gasteiger partial charge on any atom is 0.223 e. The van der Waals surface area contributed by atoms with Crippen molar-refractivity contribution in [3.8, 4) is 12.3 Å². The Hall–Kier alpha value is -0.970. The number of hydrogen-bond acceptors (Lipinski definition) is 1. The summed E-state index contributed by atoms with van der Waals surface area (Å²) in [5.74, 6) is 3.96. The molecule has 2 nitrogen and oxygen atoms in total. The molecule has 0 heterocycles. The third-order valence-corrected chi connectivity index (χ3v) is 4.39. The Morgan fingerprint density at radius 2 is 2.00 bits per heavy atom. The zero-order valence-electron chi connectivity index (χ0n) is 12.6. The fourth-order valence-corrected chi connectivity index (χ4v) is 2.96. The van der Waals surface area contributed by atoms with Crippen LogP contribution in [0.25, 0.3) is 0 Å². The van der Waals surface area contributed by atoms with Crippen molar-refractivity contribution in [3.05, 3.63) is 0 Å². The Kier molecular flexibility index (Phi) is 7.63. The van der Waals surface area contributed by atoms with E-state index in [1.165, 1.54) is 32.1 Å². The first kappa shape index (κ1) is 16.1.